The molecule has 6 heteroatoms. The van der Waals surface area contributed by atoms with Crippen LogP contribution < -0.4 is 5.32 Å². The van der Waals surface area contributed by atoms with Crippen LogP contribution in [0.1, 0.15) is 46.4 Å². The Morgan fingerprint density at radius 2 is 1.89 bits per heavy atom. The van der Waals surface area contributed by atoms with Gasteiger partial charge in [-0.3, -0.25) is 9.59 Å². The second kappa shape index (κ2) is 8.08. The van der Waals surface area contributed by atoms with Crippen LogP contribution in [0.15, 0.2) is 48.7 Å². The Morgan fingerprint density at radius 3 is 2.61 bits per heavy atom. The zero-order chi connectivity index (χ0) is 20.3. The molecule has 0 spiro atoms. The van der Waals surface area contributed by atoms with Gasteiger partial charge in [-0.25, -0.2) is 4.79 Å². The lowest BCUT2D eigenvalue weighted by atomic mass is 9.93. The molecule has 0 radical (unpaired) electrons. The zero-order valence-electron chi connectivity index (χ0n) is 16.1. The van der Waals surface area contributed by atoms with Crippen LogP contribution in [0, 0.1) is 6.92 Å². The van der Waals surface area contributed by atoms with Crippen LogP contribution in [-0.2, 0) is 14.3 Å². The molecule has 0 fully saturated rings. The first-order chi connectivity index (χ1) is 13.4. The summed E-state index contributed by atoms with van der Waals surface area (Å²) in [5.41, 5.74) is 3.65. The summed E-state index contributed by atoms with van der Waals surface area (Å²) in [6, 6.07) is 12.3. The highest BCUT2D eigenvalue weighted by Crippen LogP contribution is 2.33. The molecule has 0 aliphatic carbocycles. The number of aryl methyl sites for hydroxylation is 1. The van der Waals surface area contributed by atoms with Crippen LogP contribution >= 0.6 is 0 Å². The maximum Gasteiger partial charge on any atom is 0.337 e. The van der Waals surface area contributed by atoms with Gasteiger partial charge in [-0.05, 0) is 41.8 Å². The lowest BCUT2D eigenvalue weighted by molar-refractivity contribution is -0.129. The second-order valence-corrected chi connectivity index (χ2v) is 6.66. The van der Waals surface area contributed by atoms with Crippen LogP contribution in [0.3, 0.4) is 0 Å². The lowest BCUT2D eigenvalue weighted by Gasteiger charge is -2.32. The van der Waals surface area contributed by atoms with E-state index in [1.807, 2.05) is 37.3 Å². The third kappa shape index (κ3) is 3.96. The predicted octanol–water partition coefficient (Wildman–Crippen LogP) is 3.68. The fraction of sp³-hybridized carbons (Fsp3) is 0.227. The SMILES string of the molecule is COC(=O)c1ccc(C)c(NC(=O)CC2c3ccccc3C=CN2C(C)=O)c1. The summed E-state index contributed by atoms with van der Waals surface area (Å²) in [6.45, 7) is 3.32. The Hall–Kier alpha value is -3.41. The van der Waals surface area contributed by atoms with Gasteiger partial charge >= 0.3 is 5.97 Å². The number of rotatable bonds is 4. The summed E-state index contributed by atoms with van der Waals surface area (Å²) in [7, 11) is 1.31. The lowest BCUT2D eigenvalue weighted by Crippen LogP contribution is -2.33. The summed E-state index contributed by atoms with van der Waals surface area (Å²) in [6.07, 6.45) is 3.68. The third-order valence-corrected chi connectivity index (χ3v) is 4.78. The summed E-state index contributed by atoms with van der Waals surface area (Å²) >= 11 is 0. The zero-order valence-corrected chi connectivity index (χ0v) is 16.1. The number of esters is 1. The quantitative estimate of drug-likeness (QED) is 0.824. The Bertz CT molecular complexity index is 965. The largest absolute Gasteiger partial charge is 0.465 e. The van der Waals surface area contributed by atoms with Crippen molar-refractivity contribution in [2.75, 3.05) is 12.4 Å². The standard InChI is InChI=1S/C22H22N2O4/c1-14-8-9-17(22(27)28-3)12-19(14)23-21(26)13-20-18-7-5-4-6-16(18)10-11-24(20)15(2)25/h4-12,20H,13H2,1-3H3,(H,23,26). The van der Waals surface area contributed by atoms with E-state index in [2.05, 4.69) is 5.32 Å². The number of ether oxygens (including phenoxy) is 1. The molecule has 3 rings (SSSR count). The van der Waals surface area contributed by atoms with Crippen LogP contribution in [0.4, 0.5) is 5.69 Å². The van der Waals surface area contributed by atoms with Crippen LogP contribution in [0.25, 0.3) is 6.08 Å². The first kappa shape index (κ1) is 19.4. The number of benzene rings is 2. The molecule has 0 aromatic heterocycles. The van der Waals surface area contributed by atoms with E-state index >= 15 is 0 Å². The number of nitrogens with one attached hydrogen (secondary N) is 1. The fourth-order valence-electron chi connectivity index (χ4n) is 3.29. The molecular weight excluding hydrogens is 356 g/mol. The van der Waals surface area contributed by atoms with Crippen molar-refractivity contribution < 1.29 is 19.1 Å². The number of methoxy groups -OCH3 is 1. The number of amides is 2. The van der Waals surface area contributed by atoms with Gasteiger partial charge in [0.1, 0.15) is 0 Å². The Balaban J connectivity index is 1.83. The van der Waals surface area contributed by atoms with Gasteiger partial charge in [0.25, 0.3) is 0 Å². The molecule has 6 nitrogen and oxygen atoms in total. The van der Waals surface area contributed by atoms with Gasteiger partial charge in [0, 0.05) is 18.8 Å². The highest BCUT2D eigenvalue weighted by molar-refractivity contribution is 5.96. The normalized spacial score (nSPS) is 15.0. The molecule has 0 saturated carbocycles. The van der Waals surface area contributed by atoms with Crippen molar-refractivity contribution in [3.8, 4) is 0 Å². The van der Waals surface area contributed by atoms with Crippen molar-refractivity contribution in [1.29, 1.82) is 0 Å². The van der Waals surface area contributed by atoms with Gasteiger partial charge in [0.2, 0.25) is 11.8 Å². The smallest absolute Gasteiger partial charge is 0.337 e. The van der Waals surface area contributed by atoms with Crippen molar-refractivity contribution in [2.45, 2.75) is 26.3 Å². The van der Waals surface area contributed by atoms with E-state index in [1.165, 1.54) is 14.0 Å². The molecule has 2 aromatic rings. The Labute approximate surface area is 163 Å². The maximum atomic E-state index is 12.8. The van der Waals surface area contributed by atoms with Crippen molar-refractivity contribution >= 4 is 29.5 Å². The first-order valence-corrected chi connectivity index (χ1v) is 8.95. The second-order valence-electron chi connectivity index (χ2n) is 6.66. The highest BCUT2D eigenvalue weighted by Gasteiger charge is 2.28. The van der Waals surface area contributed by atoms with Crippen molar-refractivity contribution in [3.05, 3.63) is 70.9 Å². The summed E-state index contributed by atoms with van der Waals surface area (Å²) in [5.74, 6) is -0.844. The minimum atomic E-state index is -0.468. The minimum absolute atomic E-state index is 0.100. The molecule has 0 saturated heterocycles. The van der Waals surface area contributed by atoms with E-state index in [9.17, 15) is 14.4 Å². The van der Waals surface area contributed by atoms with Crippen LogP contribution in [0.2, 0.25) is 0 Å². The average Bonchev–Trinajstić information content (AvgIpc) is 2.69. The number of carbonyl (C=O) groups excluding carboxylic acids is 3. The summed E-state index contributed by atoms with van der Waals surface area (Å²) < 4.78 is 4.73. The van der Waals surface area contributed by atoms with Crippen molar-refractivity contribution in [1.82, 2.24) is 4.90 Å². The molecule has 1 N–H and O–H groups in total. The molecule has 28 heavy (non-hydrogen) atoms. The van der Waals surface area contributed by atoms with E-state index < -0.39 is 5.97 Å². The van der Waals surface area contributed by atoms with E-state index in [0.29, 0.717) is 11.3 Å². The molecule has 1 aliphatic rings. The molecule has 144 valence electrons. The first-order valence-electron chi connectivity index (χ1n) is 8.95. The third-order valence-electron chi connectivity index (χ3n) is 4.78. The molecule has 1 unspecified atom stereocenters. The predicted molar refractivity (Wildman–Crippen MR) is 107 cm³/mol. The molecule has 2 amide bonds. The van der Waals surface area contributed by atoms with Crippen LogP contribution in [0.5, 0.6) is 0 Å². The molecular formula is C22H22N2O4. The topological polar surface area (TPSA) is 75.7 Å². The minimum Gasteiger partial charge on any atom is -0.465 e. The van der Waals surface area contributed by atoms with Gasteiger partial charge in [0.05, 0.1) is 25.1 Å². The van der Waals surface area contributed by atoms with Gasteiger partial charge in [-0.15, -0.1) is 0 Å². The molecule has 2 aromatic carbocycles. The van der Waals surface area contributed by atoms with Gasteiger partial charge in [0.15, 0.2) is 0 Å². The average molecular weight is 378 g/mol. The van der Waals surface area contributed by atoms with E-state index in [4.69, 9.17) is 4.74 Å². The Morgan fingerprint density at radius 1 is 1.14 bits per heavy atom. The number of hydrogen-bond acceptors (Lipinski definition) is 4. The molecule has 1 heterocycles. The number of fused-ring (bicyclic) bond motifs is 1. The number of anilines is 1. The van der Waals surface area contributed by atoms with Crippen LogP contribution in [-0.4, -0.2) is 29.8 Å². The van der Waals surface area contributed by atoms with Gasteiger partial charge in [-0.1, -0.05) is 30.3 Å². The summed E-state index contributed by atoms with van der Waals surface area (Å²) in [5, 5.41) is 2.86. The number of hydrogen-bond donors (Lipinski definition) is 1. The molecule has 0 bridgehead atoms. The van der Waals surface area contributed by atoms with Crippen molar-refractivity contribution in [2.24, 2.45) is 0 Å². The number of carbonyl (C=O) groups is 3. The number of nitrogens with zero attached hydrogens (tertiary/aromatic N) is 1. The molecule has 1 aliphatic heterocycles. The van der Waals surface area contributed by atoms with E-state index in [-0.39, 0.29) is 24.3 Å². The molecule has 1 atom stereocenters. The Kier molecular flexibility index (Phi) is 5.59. The van der Waals surface area contributed by atoms with E-state index in [0.717, 1.165) is 16.7 Å². The maximum absolute atomic E-state index is 12.8. The van der Waals surface area contributed by atoms with Gasteiger partial charge in [-0.2, -0.15) is 0 Å². The van der Waals surface area contributed by atoms with Crippen molar-refractivity contribution in [3.63, 3.8) is 0 Å². The summed E-state index contributed by atoms with van der Waals surface area (Å²) in [4.78, 5) is 38.1. The fourth-order valence-corrected chi connectivity index (χ4v) is 3.29. The monoisotopic (exact) mass is 378 g/mol. The van der Waals surface area contributed by atoms with E-state index in [1.54, 1.807) is 29.3 Å². The highest BCUT2D eigenvalue weighted by atomic mass is 16.5. The van der Waals surface area contributed by atoms with Gasteiger partial charge < -0.3 is 15.0 Å².